The molecule has 9 nitrogen and oxygen atoms in total. The lowest BCUT2D eigenvalue weighted by Gasteiger charge is -2.14. The van der Waals surface area contributed by atoms with Crippen molar-refractivity contribution in [2.75, 3.05) is 5.01 Å². The molecule has 0 atom stereocenters. The Labute approximate surface area is 216 Å². The molecule has 0 aliphatic rings. The molecule has 5 rings (SSSR count). The van der Waals surface area contributed by atoms with Crippen LogP contribution in [-0.4, -0.2) is 22.0 Å². The molecule has 11 heteroatoms. The van der Waals surface area contributed by atoms with E-state index in [0.717, 1.165) is 14.2 Å². The maximum absolute atomic E-state index is 13.6. The van der Waals surface area contributed by atoms with Crippen molar-refractivity contribution in [1.82, 2.24) is 4.98 Å². The van der Waals surface area contributed by atoms with E-state index in [1.165, 1.54) is 29.7 Å². The van der Waals surface area contributed by atoms with E-state index in [-0.39, 0.29) is 5.76 Å². The summed E-state index contributed by atoms with van der Waals surface area (Å²) in [6.45, 7) is 0. The van der Waals surface area contributed by atoms with Crippen molar-refractivity contribution in [3.05, 3.63) is 111 Å². The van der Waals surface area contributed by atoms with Crippen molar-refractivity contribution in [2.24, 2.45) is 5.10 Å². The number of amides is 1. The smallest absolute Gasteiger partial charge is 0.433 e. The number of nitrogens with zero attached hydrogens (tertiary/aromatic N) is 4. The summed E-state index contributed by atoms with van der Waals surface area (Å²) >= 11 is 4.72. The fraction of sp³-hybridized carbons (Fsp3) is 0. The number of halogens is 1. The van der Waals surface area contributed by atoms with Crippen LogP contribution in [0.15, 0.2) is 98.9 Å². The van der Waals surface area contributed by atoms with Crippen molar-refractivity contribution in [3.8, 4) is 11.5 Å². The number of carbonyl (C=O) groups excluding carboxylic acids is 1. The zero-order chi connectivity index (χ0) is 25.1. The first-order valence-electron chi connectivity index (χ1n) is 10.5. The molecule has 0 saturated heterocycles. The van der Waals surface area contributed by atoms with Gasteiger partial charge in [-0.1, -0.05) is 51.5 Å². The number of benzene rings is 3. The van der Waals surface area contributed by atoms with Gasteiger partial charge >= 0.3 is 5.88 Å². The van der Waals surface area contributed by atoms with Crippen molar-refractivity contribution >= 4 is 60.6 Å². The minimum atomic E-state index is -0.649. The number of nitro groups is 1. The quantitative estimate of drug-likeness (QED) is 0.119. The van der Waals surface area contributed by atoms with Gasteiger partial charge in [0.25, 0.3) is 5.91 Å². The lowest BCUT2D eigenvalue weighted by molar-refractivity contribution is -0.402. The third kappa shape index (κ3) is 5.16. The van der Waals surface area contributed by atoms with Crippen molar-refractivity contribution in [1.29, 1.82) is 0 Å². The number of thiazole rings is 1. The van der Waals surface area contributed by atoms with Crippen LogP contribution in [0.3, 0.4) is 0 Å². The second-order valence-electron chi connectivity index (χ2n) is 7.35. The second kappa shape index (κ2) is 10.1. The van der Waals surface area contributed by atoms with Gasteiger partial charge in [0.1, 0.15) is 16.4 Å². The molecule has 5 aromatic rings. The van der Waals surface area contributed by atoms with Gasteiger partial charge in [-0.2, -0.15) is 10.1 Å². The minimum Gasteiger partial charge on any atom is -0.457 e. The van der Waals surface area contributed by atoms with E-state index in [0.29, 0.717) is 27.7 Å². The van der Waals surface area contributed by atoms with E-state index >= 15 is 0 Å². The van der Waals surface area contributed by atoms with Gasteiger partial charge in [-0.05, 0) is 54.6 Å². The summed E-state index contributed by atoms with van der Waals surface area (Å²) in [5.74, 6) is 0.331. The largest absolute Gasteiger partial charge is 0.457 e. The number of aromatic nitrogens is 1. The number of carbonyl (C=O) groups is 1. The molecule has 178 valence electrons. The molecule has 0 unspecified atom stereocenters. The third-order valence-electron chi connectivity index (χ3n) is 4.87. The number of para-hydroxylation sites is 1. The van der Waals surface area contributed by atoms with Gasteiger partial charge in [0.05, 0.1) is 22.5 Å². The molecule has 0 radical (unpaired) electrons. The highest BCUT2D eigenvalue weighted by atomic mass is 79.9. The van der Waals surface area contributed by atoms with Crippen LogP contribution in [-0.2, 0) is 0 Å². The van der Waals surface area contributed by atoms with Crippen molar-refractivity contribution in [2.45, 2.75) is 0 Å². The molecule has 0 bridgehead atoms. The van der Waals surface area contributed by atoms with Crippen molar-refractivity contribution in [3.63, 3.8) is 0 Å². The summed E-state index contributed by atoms with van der Waals surface area (Å²) in [6.07, 6.45) is 1.23. The number of hydrazone groups is 1. The monoisotopic (exact) mass is 562 g/mol. The zero-order valence-electron chi connectivity index (χ0n) is 18.3. The Hall–Kier alpha value is -4.35. The second-order valence-corrected chi connectivity index (χ2v) is 9.27. The number of fused-ring (bicyclic) bond motifs is 1. The Bertz CT molecular complexity index is 1600. The molecular weight excluding hydrogens is 548 g/mol. The van der Waals surface area contributed by atoms with Gasteiger partial charge in [0.15, 0.2) is 5.76 Å². The number of ether oxygens (including phenoxy) is 1. The van der Waals surface area contributed by atoms with Crippen LogP contribution in [0.5, 0.6) is 11.5 Å². The fourth-order valence-electron chi connectivity index (χ4n) is 3.23. The number of furan rings is 1. The summed E-state index contributed by atoms with van der Waals surface area (Å²) in [4.78, 5) is 28.4. The summed E-state index contributed by atoms with van der Waals surface area (Å²) < 4.78 is 12.7. The lowest BCUT2D eigenvalue weighted by atomic mass is 10.2. The first-order chi connectivity index (χ1) is 17.5. The molecular formula is C25H15BrN4O5S. The van der Waals surface area contributed by atoms with E-state index < -0.39 is 16.7 Å². The highest BCUT2D eigenvalue weighted by Crippen LogP contribution is 2.32. The molecule has 0 saturated carbocycles. The average Bonchev–Trinajstić information content (AvgIpc) is 3.52. The Morgan fingerprint density at radius 3 is 2.64 bits per heavy atom. The van der Waals surface area contributed by atoms with Crippen LogP contribution < -0.4 is 9.75 Å². The standard InChI is InChI=1S/C25H15BrN4O5S/c26-17-9-11-21-22(14-17)36-25(28-21)29(27-15-20-10-12-23(35-20)30(32)33)24(31)16-5-4-8-19(13-16)34-18-6-2-1-3-7-18/h1-15H/b27-15+. The van der Waals surface area contributed by atoms with Crippen LogP contribution in [0.4, 0.5) is 11.0 Å². The van der Waals surface area contributed by atoms with Crippen molar-refractivity contribution < 1.29 is 18.9 Å². The maximum atomic E-state index is 13.6. The molecule has 0 spiro atoms. The maximum Gasteiger partial charge on any atom is 0.433 e. The van der Waals surface area contributed by atoms with Crippen LogP contribution >= 0.6 is 27.3 Å². The zero-order valence-corrected chi connectivity index (χ0v) is 20.7. The van der Waals surface area contributed by atoms with Gasteiger partial charge in [0, 0.05) is 10.0 Å². The number of hydrogen-bond donors (Lipinski definition) is 0. The molecule has 3 aromatic carbocycles. The summed E-state index contributed by atoms with van der Waals surface area (Å²) in [6, 6.07) is 24.1. The third-order valence-corrected chi connectivity index (χ3v) is 6.35. The lowest BCUT2D eigenvalue weighted by Crippen LogP contribution is -2.25. The normalized spacial score (nSPS) is 11.1. The minimum absolute atomic E-state index is 0.115. The van der Waals surface area contributed by atoms with E-state index in [9.17, 15) is 14.9 Å². The Kier molecular flexibility index (Phi) is 6.56. The van der Waals surface area contributed by atoms with E-state index in [1.807, 2.05) is 48.5 Å². The van der Waals surface area contributed by atoms with Gasteiger partial charge in [-0.25, -0.2) is 4.98 Å². The van der Waals surface area contributed by atoms with Crippen LogP contribution in [0, 0.1) is 10.1 Å². The number of rotatable bonds is 7. The molecule has 2 heterocycles. The average molecular weight is 563 g/mol. The van der Waals surface area contributed by atoms with Gasteiger partial charge in [-0.3, -0.25) is 14.9 Å². The highest BCUT2D eigenvalue weighted by molar-refractivity contribution is 9.10. The topological polar surface area (TPSA) is 111 Å². The predicted octanol–water partition coefficient (Wildman–Crippen LogP) is 7.03. The Balaban J connectivity index is 1.50. The summed E-state index contributed by atoms with van der Waals surface area (Å²) in [7, 11) is 0. The molecule has 36 heavy (non-hydrogen) atoms. The summed E-state index contributed by atoms with van der Waals surface area (Å²) in [5.41, 5.74) is 1.01. The molecule has 0 fully saturated rings. The molecule has 1 amide bonds. The van der Waals surface area contributed by atoms with E-state index in [4.69, 9.17) is 9.15 Å². The fourth-order valence-corrected chi connectivity index (χ4v) is 4.70. The van der Waals surface area contributed by atoms with E-state index in [1.54, 1.807) is 24.3 Å². The van der Waals surface area contributed by atoms with Gasteiger partial charge in [0.2, 0.25) is 5.13 Å². The molecule has 0 N–H and O–H groups in total. The Morgan fingerprint density at radius 2 is 1.86 bits per heavy atom. The SMILES string of the molecule is O=C(c1cccc(Oc2ccccc2)c1)N(/N=C/c1ccc([N+](=O)[O-])o1)c1nc2ccc(Br)cc2s1. The van der Waals surface area contributed by atoms with Crippen LogP contribution in [0.25, 0.3) is 10.2 Å². The first-order valence-corrected chi connectivity index (χ1v) is 12.1. The first kappa shape index (κ1) is 23.4. The predicted molar refractivity (Wildman–Crippen MR) is 140 cm³/mol. The van der Waals surface area contributed by atoms with Crippen LogP contribution in [0.2, 0.25) is 0 Å². The highest BCUT2D eigenvalue weighted by Gasteiger charge is 2.22. The Morgan fingerprint density at radius 1 is 1.06 bits per heavy atom. The molecule has 0 aliphatic heterocycles. The number of hydrogen-bond acceptors (Lipinski definition) is 8. The molecule has 0 aliphatic carbocycles. The van der Waals surface area contributed by atoms with E-state index in [2.05, 4.69) is 26.0 Å². The van der Waals surface area contributed by atoms with Gasteiger partial charge in [-0.15, -0.1) is 0 Å². The number of anilines is 1. The van der Waals surface area contributed by atoms with Gasteiger partial charge < -0.3 is 9.15 Å². The molecule has 2 aromatic heterocycles. The van der Waals surface area contributed by atoms with Crippen LogP contribution in [0.1, 0.15) is 16.1 Å². The summed E-state index contributed by atoms with van der Waals surface area (Å²) in [5, 5.41) is 16.7.